The van der Waals surface area contributed by atoms with Crippen LogP contribution in [0.4, 0.5) is 0 Å². The Labute approximate surface area is 162 Å². The highest BCUT2D eigenvalue weighted by atomic mass is 16.5. The fraction of sp³-hybridized carbons (Fsp3) is 0.957. The number of aliphatic hydroxyl groups excluding tert-OH is 1. The number of cyclic esters (lactones) is 1. The molecule has 0 aromatic carbocycles. The first-order valence-corrected chi connectivity index (χ1v) is 11.5. The van der Waals surface area contributed by atoms with Gasteiger partial charge in [0, 0.05) is 5.41 Å². The third-order valence-corrected chi connectivity index (χ3v) is 5.95. The quantitative estimate of drug-likeness (QED) is 0.220. The summed E-state index contributed by atoms with van der Waals surface area (Å²) in [5.74, 6) is -0.143. The van der Waals surface area contributed by atoms with Crippen LogP contribution in [0.3, 0.4) is 0 Å². The van der Waals surface area contributed by atoms with Gasteiger partial charge in [0.25, 0.3) is 0 Å². The molecule has 154 valence electrons. The van der Waals surface area contributed by atoms with E-state index >= 15 is 0 Å². The van der Waals surface area contributed by atoms with Gasteiger partial charge in [-0.25, -0.2) is 0 Å². The van der Waals surface area contributed by atoms with Gasteiger partial charge in [-0.2, -0.15) is 0 Å². The van der Waals surface area contributed by atoms with E-state index < -0.39 is 0 Å². The van der Waals surface area contributed by atoms with Gasteiger partial charge < -0.3 is 9.84 Å². The van der Waals surface area contributed by atoms with Crippen molar-refractivity contribution < 1.29 is 14.6 Å². The maximum Gasteiger partial charge on any atom is 0.306 e. The highest BCUT2D eigenvalue weighted by Gasteiger charge is 2.39. The number of carbonyl (C=O) groups excluding carboxylic acids is 1. The summed E-state index contributed by atoms with van der Waals surface area (Å²) in [5.41, 5.74) is -0.271. The van der Waals surface area contributed by atoms with Crippen molar-refractivity contribution in [3.05, 3.63) is 0 Å². The Morgan fingerprint density at radius 1 is 0.769 bits per heavy atom. The Bertz CT molecular complexity index is 342. The van der Waals surface area contributed by atoms with E-state index in [1.54, 1.807) is 0 Å². The lowest BCUT2D eigenvalue weighted by Gasteiger charge is -2.22. The van der Waals surface area contributed by atoms with Crippen LogP contribution in [-0.2, 0) is 9.53 Å². The number of aliphatic hydroxyl groups is 1. The van der Waals surface area contributed by atoms with E-state index in [4.69, 9.17) is 4.74 Å². The van der Waals surface area contributed by atoms with Crippen molar-refractivity contribution in [3.63, 3.8) is 0 Å². The molecule has 1 unspecified atom stereocenters. The SMILES string of the molecule is CCCCCCCCCCCCCCCCCCC1(CO)COC(=O)C1. The van der Waals surface area contributed by atoms with Crippen LogP contribution in [-0.4, -0.2) is 24.3 Å². The van der Waals surface area contributed by atoms with E-state index in [1.807, 2.05) is 0 Å². The van der Waals surface area contributed by atoms with Crippen molar-refractivity contribution in [2.24, 2.45) is 5.41 Å². The zero-order chi connectivity index (χ0) is 18.9. The summed E-state index contributed by atoms with van der Waals surface area (Å²) >= 11 is 0. The number of hydrogen-bond acceptors (Lipinski definition) is 3. The van der Waals surface area contributed by atoms with E-state index in [0.29, 0.717) is 13.0 Å². The van der Waals surface area contributed by atoms with E-state index in [0.717, 1.165) is 12.8 Å². The maximum atomic E-state index is 11.3. The zero-order valence-electron chi connectivity index (χ0n) is 17.4. The molecule has 1 N–H and O–H groups in total. The lowest BCUT2D eigenvalue weighted by atomic mass is 9.82. The molecule has 1 atom stereocenters. The van der Waals surface area contributed by atoms with Gasteiger partial charge in [0.2, 0.25) is 0 Å². The third kappa shape index (κ3) is 11.2. The van der Waals surface area contributed by atoms with Crippen LogP contribution in [0.5, 0.6) is 0 Å². The molecule has 3 heteroatoms. The fourth-order valence-corrected chi connectivity index (χ4v) is 4.03. The predicted octanol–water partition coefficient (Wildman–Crippen LogP) is 6.56. The second-order valence-corrected chi connectivity index (χ2v) is 8.55. The number of carbonyl (C=O) groups is 1. The second-order valence-electron chi connectivity index (χ2n) is 8.55. The van der Waals surface area contributed by atoms with E-state index in [1.165, 1.54) is 96.3 Å². The van der Waals surface area contributed by atoms with Gasteiger partial charge in [0.15, 0.2) is 0 Å². The topological polar surface area (TPSA) is 46.5 Å². The summed E-state index contributed by atoms with van der Waals surface area (Å²) in [4.78, 5) is 11.3. The van der Waals surface area contributed by atoms with Crippen LogP contribution in [0.25, 0.3) is 0 Å². The minimum atomic E-state index is -0.271. The lowest BCUT2D eigenvalue weighted by molar-refractivity contribution is -0.137. The number of rotatable bonds is 18. The van der Waals surface area contributed by atoms with Crippen LogP contribution in [0, 0.1) is 5.41 Å². The number of ether oxygens (including phenoxy) is 1. The van der Waals surface area contributed by atoms with Gasteiger partial charge in [-0.3, -0.25) is 4.79 Å². The molecule has 0 aromatic heterocycles. The van der Waals surface area contributed by atoms with Crippen molar-refractivity contribution in [2.45, 2.75) is 122 Å². The molecule has 1 fully saturated rings. The number of unbranched alkanes of at least 4 members (excludes halogenated alkanes) is 15. The molecule has 1 aliphatic heterocycles. The molecule has 1 saturated heterocycles. The molecule has 0 aliphatic carbocycles. The summed E-state index contributed by atoms with van der Waals surface area (Å²) in [6, 6.07) is 0. The Balaban J connectivity index is 1.78. The summed E-state index contributed by atoms with van der Waals surface area (Å²) in [6.07, 6.45) is 23.2. The smallest absolute Gasteiger partial charge is 0.306 e. The molecule has 1 aliphatic rings. The van der Waals surface area contributed by atoms with Gasteiger partial charge in [-0.05, 0) is 6.42 Å². The molecular weight excluding hydrogens is 324 g/mol. The summed E-state index contributed by atoms with van der Waals surface area (Å²) in [7, 11) is 0. The average Bonchev–Trinajstić information content (AvgIpc) is 3.03. The Hall–Kier alpha value is -0.570. The van der Waals surface area contributed by atoms with Crippen LogP contribution in [0.2, 0.25) is 0 Å². The van der Waals surface area contributed by atoms with Crippen molar-refractivity contribution in [1.29, 1.82) is 0 Å². The standard InChI is InChI=1S/C23H44O3/c1-2-3-4-5-6-7-8-9-10-11-12-13-14-15-16-17-18-23(20-24)19-22(25)26-21-23/h24H,2-21H2,1H3. The van der Waals surface area contributed by atoms with E-state index in [2.05, 4.69) is 6.92 Å². The third-order valence-electron chi connectivity index (χ3n) is 5.95. The summed E-state index contributed by atoms with van der Waals surface area (Å²) < 4.78 is 5.04. The maximum absolute atomic E-state index is 11.3. The number of hydrogen-bond donors (Lipinski definition) is 1. The largest absolute Gasteiger partial charge is 0.465 e. The van der Waals surface area contributed by atoms with Crippen molar-refractivity contribution in [1.82, 2.24) is 0 Å². The van der Waals surface area contributed by atoms with Crippen LogP contribution in [0.1, 0.15) is 122 Å². The fourth-order valence-electron chi connectivity index (χ4n) is 4.03. The van der Waals surface area contributed by atoms with Crippen molar-refractivity contribution in [3.8, 4) is 0 Å². The first kappa shape index (κ1) is 23.5. The molecule has 0 saturated carbocycles. The van der Waals surface area contributed by atoms with Gasteiger partial charge in [0.1, 0.15) is 0 Å². The lowest BCUT2D eigenvalue weighted by Crippen LogP contribution is -2.25. The normalized spacial score (nSPS) is 19.8. The highest BCUT2D eigenvalue weighted by Crippen LogP contribution is 2.34. The molecule has 3 nitrogen and oxygen atoms in total. The van der Waals surface area contributed by atoms with Crippen molar-refractivity contribution in [2.75, 3.05) is 13.2 Å². The van der Waals surface area contributed by atoms with E-state index in [-0.39, 0.29) is 18.0 Å². The summed E-state index contributed by atoms with van der Waals surface area (Å²) in [6.45, 7) is 2.78. The number of esters is 1. The van der Waals surface area contributed by atoms with Crippen LogP contribution < -0.4 is 0 Å². The first-order valence-electron chi connectivity index (χ1n) is 11.5. The predicted molar refractivity (Wildman–Crippen MR) is 109 cm³/mol. The molecule has 1 rings (SSSR count). The minimum absolute atomic E-state index is 0.0808. The molecular formula is C23H44O3. The van der Waals surface area contributed by atoms with Gasteiger partial charge in [0.05, 0.1) is 19.6 Å². The Morgan fingerprint density at radius 3 is 1.54 bits per heavy atom. The average molecular weight is 369 g/mol. The Kier molecular flexibility index (Phi) is 14.0. The highest BCUT2D eigenvalue weighted by molar-refractivity contribution is 5.72. The first-order chi connectivity index (χ1) is 12.7. The molecule has 0 amide bonds. The van der Waals surface area contributed by atoms with Gasteiger partial charge >= 0.3 is 5.97 Å². The molecule has 0 radical (unpaired) electrons. The monoisotopic (exact) mass is 368 g/mol. The van der Waals surface area contributed by atoms with Crippen LogP contribution in [0.15, 0.2) is 0 Å². The molecule has 1 heterocycles. The molecule has 0 bridgehead atoms. The summed E-state index contributed by atoms with van der Waals surface area (Å²) in [5, 5.41) is 9.53. The van der Waals surface area contributed by atoms with Crippen LogP contribution >= 0.6 is 0 Å². The molecule has 26 heavy (non-hydrogen) atoms. The molecule has 0 aromatic rings. The second kappa shape index (κ2) is 15.5. The molecule has 0 spiro atoms. The minimum Gasteiger partial charge on any atom is -0.465 e. The van der Waals surface area contributed by atoms with Gasteiger partial charge in [-0.1, -0.05) is 110 Å². The Morgan fingerprint density at radius 2 is 1.19 bits per heavy atom. The van der Waals surface area contributed by atoms with E-state index in [9.17, 15) is 9.90 Å². The van der Waals surface area contributed by atoms with Crippen molar-refractivity contribution >= 4 is 5.97 Å². The van der Waals surface area contributed by atoms with Gasteiger partial charge in [-0.15, -0.1) is 0 Å². The zero-order valence-corrected chi connectivity index (χ0v) is 17.4.